The highest BCUT2D eigenvalue weighted by Crippen LogP contribution is 2.46. The van der Waals surface area contributed by atoms with Gasteiger partial charge >= 0.3 is 5.97 Å². The molecule has 1 saturated heterocycles. The monoisotopic (exact) mass is 432 g/mol. The Balaban J connectivity index is 2.02. The van der Waals surface area contributed by atoms with E-state index in [1.165, 1.54) is 19.6 Å². The van der Waals surface area contributed by atoms with E-state index in [2.05, 4.69) is 37.5 Å². The van der Waals surface area contributed by atoms with Crippen molar-refractivity contribution in [2.45, 2.75) is 51.6 Å². The third-order valence-corrected chi connectivity index (χ3v) is 6.91. The molecule has 0 spiro atoms. The first-order valence-electron chi connectivity index (χ1n) is 9.82. The van der Waals surface area contributed by atoms with E-state index in [-0.39, 0.29) is 10.4 Å². The summed E-state index contributed by atoms with van der Waals surface area (Å²) in [6.07, 6.45) is 2.66. The third-order valence-electron chi connectivity index (χ3n) is 6.02. The first kappa shape index (κ1) is 22.2. The number of hydrogen-bond acceptors (Lipinski definition) is 7. The number of thioether (sulfide) groups is 1. The zero-order chi connectivity index (χ0) is 22.4. The zero-order valence-corrected chi connectivity index (χ0v) is 19.3. The van der Waals surface area contributed by atoms with Crippen molar-refractivity contribution in [3.05, 3.63) is 28.2 Å². The maximum atomic E-state index is 12.8. The second-order valence-corrected chi connectivity index (χ2v) is 9.37. The van der Waals surface area contributed by atoms with Crippen molar-refractivity contribution in [1.82, 2.24) is 4.90 Å². The summed E-state index contributed by atoms with van der Waals surface area (Å²) in [6, 6.07) is 3.04. The molecule has 0 N–H and O–H groups in total. The largest absolute Gasteiger partial charge is 0.496 e. The van der Waals surface area contributed by atoms with Gasteiger partial charge in [-0.1, -0.05) is 6.92 Å². The number of hydrogen-bond donors (Lipinski definition) is 0. The maximum absolute atomic E-state index is 12.8. The van der Waals surface area contributed by atoms with Crippen LogP contribution in [-0.4, -0.2) is 54.9 Å². The summed E-state index contributed by atoms with van der Waals surface area (Å²) in [4.78, 5) is 40.5. The van der Waals surface area contributed by atoms with Crippen LogP contribution < -0.4 is 9.64 Å². The lowest BCUT2D eigenvalue weighted by Gasteiger charge is -2.45. The number of carbonyl (C=O) groups is 3. The summed E-state index contributed by atoms with van der Waals surface area (Å²) in [7, 11) is 4.89. The first-order valence-corrected chi connectivity index (χ1v) is 10.6. The van der Waals surface area contributed by atoms with Crippen LogP contribution in [0.5, 0.6) is 5.75 Å². The van der Waals surface area contributed by atoms with Crippen molar-refractivity contribution in [2.24, 2.45) is 0 Å². The Morgan fingerprint density at radius 2 is 1.97 bits per heavy atom. The molecule has 1 aromatic carbocycles. The van der Waals surface area contributed by atoms with Crippen LogP contribution in [0.2, 0.25) is 0 Å². The first-order chi connectivity index (χ1) is 14.0. The summed E-state index contributed by atoms with van der Waals surface area (Å²) in [5, 5.41) is -0.490. The lowest BCUT2D eigenvalue weighted by molar-refractivity contribution is -0.148. The maximum Gasteiger partial charge on any atom is 0.328 e. The molecule has 162 valence electrons. The van der Waals surface area contributed by atoms with E-state index < -0.39 is 23.2 Å². The number of methoxy groups -OCH3 is 2. The average Bonchev–Trinajstić information content (AvgIpc) is 2.97. The van der Waals surface area contributed by atoms with Gasteiger partial charge in [-0.2, -0.15) is 0 Å². The van der Waals surface area contributed by atoms with E-state index in [0.717, 1.165) is 34.3 Å². The molecule has 1 aromatic rings. The molecule has 0 aromatic heterocycles. The minimum absolute atomic E-state index is 0.0195. The van der Waals surface area contributed by atoms with Crippen molar-refractivity contribution in [2.75, 3.05) is 26.2 Å². The van der Waals surface area contributed by atoms with Crippen LogP contribution >= 0.6 is 11.8 Å². The fraction of sp³-hybridized carbons (Fsp3) is 0.500. The van der Waals surface area contributed by atoms with E-state index >= 15 is 0 Å². The summed E-state index contributed by atoms with van der Waals surface area (Å²) in [5.41, 5.74) is 3.02. The van der Waals surface area contributed by atoms with Crippen LogP contribution in [0.1, 0.15) is 51.2 Å². The number of amides is 2. The summed E-state index contributed by atoms with van der Waals surface area (Å²) >= 11 is 0.815. The smallest absolute Gasteiger partial charge is 0.328 e. The number of esters is 1. The Morgan fingerprint density at radius 3 is 2.57 bits per heavy atom. The zero-order valence-electron chi connectivity index (χ0n) is 18.4. The molecule has 0 bridgehead atoms. The van der Waals surface area contributed by atoms with Crippen LogP contribution in [0.4, 0.5) is 10.5 Å². The quantitative estimate of drug-likeness (QED) is 0.525. The number of fused-ring (bicyclic) bond motifs is 1. The van der Waals surface area contributed by atoms with E-state index in [1.807, 2.05) is 12.1 Å². The van der Waals surface area contributed by atoms with E-state index in [1.54, 1.807) is 13.2 Å². The van der Waals surface area contributed by atoms with Gasteiger partial charge in [-0.05, 0) is 62.6 Å². The van der Waals surface area contributed by atoms with Gasteiger partial charge in [0.05, 0.1) is 19.1 Å². The van der Waals surface area contributed by atoms with Crippen molar-refractivity contribution < 1.29 is 23.9 Å². The minimum Gasteiger partial charge on any atom is -0.496 e. The minimum atomic E-state index is -0.977. The molecule has 7 nitrogen and oxygen atoms in total. The predicted octanol–water partition coefficient (Wildman–Crippen LogP) is 4.02. The van der Waals surface area contributed by atoms with Gasteiger partial charge in [-0.15, -0.1) is 0 Å². The predicted molar refractivity (Wildman–Crippen MR) is 118 cm³/mol. The second-order valence-electron chi connectivity index (χ2n) is 8.38. The molecule has 0 radical (unpaired) electrons. The average molecular weight is 433 g/mol. The molecule has 2 aliphatic rings. The van der Waals surface area contributed by atoms with Crippen LogP contribution in [0, 0.1) is 0 Å². The van der Waals surface area contributed by atoms with E-state index in [4.69, 9.17) is 4.74 Å². The normalized spacial score (nSPS) is 22.9. The number of rotatable bonds is 4. The van der Waals surface area contributed by atoms with Crippen molar-refractivity contribution in [3.8, 4) is 5.75 Å². The van der Waals surface area contributed by atoms with Crippen LogP contribution in [-0.2, 0) is 14.3 Å². The summed E-state index contributed by atoms with van der Waals surface area (Å²) in [6.45, 7) is 8.09. The highest BCUT2D eigenvalue weighted by Gasteiger charge is 2.41. The number of nitrogens with zero attached hydrogens (tertiary/aromatic N) is 2. The van der Waals surface area contributed by atoms with E-state index in [9.17, 15) is 14.4 Å². The molecule has 2 heterocycles. The van der Waals surface area contributed by atoms with Gasteiger partial charge < -0.3 is 14.4 Å². The van der Waals surface area contributed by atoms with Crippen molar-refractivity contribution in [1.29, 1.82) is 0 Å². The SMILES string of the molecule is COC(=O)C(C)N1C(=O)S/C(=C\c2cc3c(cc2OC)N(C)C(C)(C)CC3C)C1=O. The number of benzene rings is 1. The van der Waals surface area contributed by atoms with Gasteiger partial charge in [0.15, 0.2) is 0 Å². The van der Waals surface area contributed by atoms with Crippen molar-refractivity contribution >= 4 is 40.6 Å². The van der Waals surface area contributed by atoms with Gasteiger partial charge in [0.1, 0.15) is 11.8 Å². The van der Waals surface area contributed by atoms with Gasteiger partial charge in [0.25, 0.3) is 11.1 Å². The Labute approximate surface area is 181 Å². The highest BCUT2D eigenvalue weighted by atomic mass is 32.2. The van der Waals surface area contributed by atoms with Crippen LogP contribution in [0.3, 0.4) is 0 Å². The van der Waals surface area contributed by atoms with Crippen molar-refractivity contribution in [3.63, 3.8) is 0 Å². The second kappa shape index (κ2) is 7.98. The lowest BCUT2D eigenvalue weighted by Crippen LogP contribution is -2.45. The fourth-order valence-corrected chi connectivity index (χ4v) is 5.03. The molecule has 0 aliphatic carbocycles. The molecule has 2 atom stereocenters. The van der Waals surface area contributed by atoms with Crippen LogP contribution in [0.25, 0.3) is 6.08 Å². The molecular formula is C22H28N2O5S. The van der Waals surface area contributed by atoms with Crippen LogP contribution in [0.15, 0.2) is 17.0 Å². The summed E-state index contributed by atoms with van der Waals surface area (Å²) < 4.78 is 10.3. The Bertz CT molecular complexity index is 940. The molecule has 8 heteroatoms. The molecule has 1 fully saturated rings. The van der Waals surface area contributed by atoms with Gasteiger partial charge in [0.2, 0.25) is 0 Å². The Morgan fingerprint density at radius 1 is 1.30 bits per heavy atom. The highest BCUT2D eigenvalue weighted by molar-refractivity contribution is 8.18. The standard InChI is InChI=1S/C22H28N2O5S/c1-12-11-22(3,4)23(5)16-10-17(28-6)14(8-15(12)16)9-18-19(25)24(21(27)30-18)13(2)20(26)29-7/h8-10,12-13H,11H2,1-7H3/b18-9-. The number of carbonyl (C=O) groups excluding carboxylic acids is 3. The summed E-state index contributed by atoms with van der Waals surface area (Å²) in [5.74, 6) is -0.185. The fourth-order valence-electron chi connectivity index (χ4n) is 4.13. The van der Waals surface area contributed by atoms with Gasteiger partial charge in [-0.3, -0.25) is 14.5 Å². The number of ether oxygens (including phenoxy) is 2. The van der Waals surface area contributed by atoms with Gasteiger partial charge in [0, 0.05) is 29.9 Å². The van der Waals surface area contributed by atoms with E-state index in [0.29, 0.717) is 11.7 Å². The number of imide groups is 1. The molecule has 0 saturated carbocycles. The molecule has 2 aliphatic heterocycles. The Hall–Kier alpha value is -2.48. The molecule has 30 heavy (non-hydrogen) atoms. The molecular weight excluding hydrogens is 404 g/mol. The molecule has 2 unspecified atom stereocenters. The molecule has 2 amide bonds. The third kappa shape index (κ3) is 3.69. The topological polar surface area (TPSA) is 76.2 Å². The van der Waals surface area contributed by atoms with Gasteiger partial charge in [-0.25, -0.2) is 4.79 Å². The lowest BCUT2D eigenvalue weighted by atomic mass is 9.80. The Kier molecular flexibility index (Phi) is 5.91. The number of anilines is 1. The molecule has 3 rings (SSSR count).